The van der Waals surface area contributed by atoms with E-state index in [0.29, 0.717) is 0 Å². The molecule has 0 amide bonds. The smallest absolute Gasteiger partial charge is 0.000969 e. The summed E-state index contributed by atoms with van der Waals surface area (Å²) in [6.45, 7) is 5.92. The number of nitrogens with one attached hydrogen (secondary N) is 1. The van der Waals surface area contributed by atoms with Crippen molar-refractivity contribution in [3.8, 4) is 0 Å². The fourth-order valence-corrected chi connectivity index (χ4v) is 1.80. The topological polar surface area (TPSA) is 15.3 Å². The van der Waals surface area contributed by atoms with Gasteiger partial charge in [-0.25, -0.2) is 0 Å². The zero-order valence-corrected chi connectivity index (χ0v) is 11.0. The van der Waals surface area contributed by atoms with E-state index in [4.69, 9.17) is 0 Å². The molecule has 92 valence electrons. The molecule has 2 heteroatoms. The third kappa shape index (κ3) is 11.8. The van der Waals surface area contributed by atoms with Gasteiger partial charge in [0.25, 0.3) is 0 Å². The Bertz CT molecular complexity index is 115. The van der Waals surface area contributed by atoms with Gasteiger partial charge in [0.05, 0.1) is 0 Å². The van der Waals surface area contributed by atoms with Crippen LogP contribution in [0.25, 0.3) is 0 Å². The first-order chi connectivity index (χ1) is 7.31. The van der Waals surface area contributed by atoms with Crippen molar-refractivity contribution in [1.29, 1.82) is 0 Å². The van der Waals surface area contributed by atoms with Crippen molar-refractivity contribution in [2.75, 3.05) is 33.7 Å². The van der Waals surface area contributed by atoms with Crippen LogP contribution in [0.15, 0.2) is 0 Å². The average molecular weight is 214 g/mol. The molecule has 0 saturated carbocycles. The Morgan fingerprint density at radius 1 is 0.867 bits per heavy atom. The fraction of sp³-hybridized carbons (Fsp3) is 1.00. The molecule has 0 aliphatic rings. The van der Waals surface area contributed by atoms with Gasteiger partial charge in [-0.05, 0) is 46.6 Å². The lowest BCUT2D eigenvalue weighted by atomic mass is 10.1. The molecule has 0 saturated heterocycles. The normalized spacial score (nSPS) is 11.2. The van der Waals surface area contributed by atoms with Crippen LogP contribution in [0.4, 0.5) is 0 Å². The molecule has 0 aromatic carbocycles. The van der Waals surface area contributed by atoms with Crippen LogP contribution < -0.4 is 5.32 Å². The SMILES string of the molecule is CCCCCCCCN(C)CCCNC. The Balaban J connectivity index is 3.06. The minimum Gasteiger partial charge on any atom is -0.320 e. The van der Waals surface area contributed by atoms with Crippen LogP contribution >= 0.6 is 0 Å². The van der Waals surface area contributed by atoms with E-state index >= 15 is 0 Å². The molecule has 0 aromatic heterocycles. The van der Waals surface area contributed by atoms with Crippen molar-refractivity contribution in [2.24, 2.45) is 0 Å². The molecular formula is C13H30N2. The van der Waals surface area contributed by atoms with Crippen molar-refractivity contribution in [3.63, 3.8) is 0 Å². The Morgan fingerprint density at radius 3 is 2.13 bits per heavy atom. The maximum atomic E-state index is 3.19. The van der Waals surface area contributed by atoms with Gasteiger partial charge in [-0.1, -0.05) is 39.0 Å². The van der Waals surface area contributed by atoms with Gasteiger partial charge >= 0.3 is 0 Å². The summed E-state index contributed by atoms with van der Waals surface area (Å²) in [5.74, 6) is 0. The average Bonchev–Trinajstić information content (AvgIpc) is 2.23. The molecule has 0 aliphatic carbocycles. The summed E-state index contributed by atoms with van der Waals surface area (Å²) in [6, 6.07) is 0. The van der Waals surface area contributed by atoms with Crippen molar-refractivity contribution in [2.45, 2.75) is 51.9 Å². The van der Waals surface area contributed by atoms with Crippen molar-refractivity contribution >= 4 is 0 Å². The van der Waals surface area contributed by atoms with E-state index < -0.39 is 0 Å². The summed E-state index contributed by atoms with van der Waals surface area (Å²) in [4.78, 5) is 2.46. The van der Waals surface area contributed by atoms with E-state index in [1.165, 1.54) is 58.0 Å². The minimum atomic E-state index is 1.14. The molecule has 0 heterocycles. The van der Waals surface area contributed by atoms with Crippen LogP contribution in [0.5, 0.6) is 0 Å². The molecular weight excluding hydrogens is 184 g/mol. The van der Waals surface area contributed by atoms with E-state index in [0.717, 1.165) is 6.54 Å². The first-order valence-corrected chi connectivity index (χ1v) is 6.64. The minimum absolute atomic E-state index is 1.14. The predicted octanol–water partition coefficient (Wildman–Crippen LogP) is 2.89. The van der Waals surface area contributed by atoms with Crippen LogP contribution in [0.3, 0.4) is 0 Å². The van der Waals surface area contributed by atoms with E-state index in [1.54, 1.807) is 0 Å². The maximum absolute atomic E-state index is 3.19. The highest BCUT2D eigenvalue weighted by Crippen LogP contribution is 2.05. The summed E-state index contributed by atoms with van der Waals surface area (Å²) in [5.41, 5.74) is 0. The van der Waals surface area contributed by atoms with Crippen LogP contribution in [0.1, 0.15) is 51.9 Å². The molecule has 0 aromatic rings. The van der Waals surface area contributed by atoms with Gasteiger partial charge < -0.3 is 10.2 Å². The molecule has 0 radical (unpaired) electrons. The molecule has 0 fully saturated rings. The molecule has 1 N–H and O–H groups in total. The highest BCUT2D eigenvalue weighted by molar-refractivity contribution is 4.54. The number of hydrogen-bond acceptors (Lipinski definition) is 2. The zero-order valence-electron chi connectivity index (χ0n) is 11.0. The van der Waals surface area contributed by atoms with E-state index in [2.05, 4.69) is 24.2 Å². The monoisotopic (exact) mass is 214 g/mol. The van der Waals surface area contributed by atoms with Gasteiger partial charge in [-0.3, -0.25) is 0 Å². The second kappa shape index (κ2) is 12.0. The second-order valence-corrected chi connectivity index (χ2v) is 4.53. The lowest BCUT2D eigenvalue weighted by Crippen LogP contribution is -2.23. The van der Waals surface area contributed by atoms with Gasteiger partial charge in [0.15, 0.2) is 0 Å². The zero-order chi connectivity index (χ0) is 11.4. The molecule has 2 nitrogen and oxygen atoms in total. The third-order valence-corrected chi connectivity index (χ3v) is 2.86. The fourth-order valence-electron chi connectivity index (χ4n) is 1.80. The second-order valence-electron chi connectivity index (χ2n) is 4.53. The maximum Gasteiger partial charge on any atom is -0.000969 e. The summed E-state index contributed by atoms with van der Waals surface area (Å²) >= 11 is 0. The third-order valence-electron chi connectivity index (χ3n) is 2.86. The summed E-state index contributed by atoms with van der Waals surface area (Å²) in [7, 11) is 4.26. The largest absolute Gasteiger partial charge is 0.320 e. The van der Waals surface area contributed by atoms with Crippen molar-refractivity contribution in [1.82, 2.24) is 10.2 Å². The molecule has 0 rings (SSSR count). The molecule has 15 heavy (non-hydrogen) atoms. The molecule has 0 aliphatic heterocycles. The molecule has 0 bridgehead atoms. The van der Waals surface area contributed by atoms with Gasteiger partial charge in [-0.2, -0.15) is 0 Å². The Morgan fingerprint density at radius 2 is 1.47 bits per heavy atom. The van der Waals surface area contributed by atoms with Gasteiger partial charge in [0.1, 0.15) is 0 Å². The molecule has 0 unspecified atom stereocenters. The molecule has 0 spiro atoms. The Hall–Kier alpha value is -0.0800. The van der Waals surface area contributed by atoms with Crippen LogP contribution in [0.2, 0.25) is 0 Å². The summed E-state index contributed by atoms with van der Waals surface area (Å²) in [6.07, 6.45) is 9.68. The predicted molar refractivity (Wildman–Crippen MR) is 69.4 cm³/mol. The van der Waals surface area contributed by atoms with E-state index in [9.17, 15) is 0 Å². The van der Waals surface area contributed by atoms with Crippen molar-refractivity contribution in [3.05, 3.63) is 0 Å². The van der Waals surface area contributed by atoms with Gasteiger partial charge in [-0.15, -0.1) is 0 Å². The number of rotatable bonds is 11. The van der Waals surface area contributed by atoms with E-state index in [-0.39, 0.29) is 0 Å². The lowest BCUT2D eigenvalue weighted by Gasteiger charge is -2.16. The summed E-state index contributed by atoms with van der Waals surface area (Å²) in [5, 5.41) is 3.19. The van der Waals surface area contributed by atoms with Crippen LogP contribution in [-0.2, 0) is 0 Å². The summed E-state index contributed by atoms with van der Waals surface area (Å²) < 4.78 is 0. The van der Waals surface area contributed by atoms with Crippen LogP contribution in [-0.4, -0.2) is 38.6 Å². The first-order valence-electron chi connectivity index (χ1n) is 6.64. The standard InChI is InChI=1S/C13H30N2/c1-4-5-6-7-8-9-12-15(3)13-10-11-14-2/h14H,4-13H2,1-3H3. The van der Waals surface area contributed by atoms with Gasteiger partial charge in [0.2, 0.25) is 0 Å². The quantitative estimate of drug-likeness (QED) is 0.532. The molecule has 0 atom stereocenters. The van der Waals surface area contributed by atoms with Crippen LogP contribution in [0, 0.1) is 0 Å². The lowest BCUT2D eigenvalue weighted by molar-refractivity contribution is 0.318. The number of nitrogens with zero attached hydrogens (tertiary/aromatic N) is 1. The van der Waals surface area contributed by atoms with E-state index in [1.807, 2.05) is 7.05 Å². The number of unbranched alkanes of at least 4 members (excludes halogenated alkanes) is 5. The number of hydrogen-bond donors (Lipinski definition) is 1. The van der Waals surface area contributed by atoms with Gasteiger partial charge in [0, 0.05) is 0 Å². The van der Waals surface area contributed by atoms with Crippen molar-refractivity contribution < 1.29 is 0 Å². The Kier molecular flexibility index (Phi) is 11.9. The Labute approximate surface area is 96.4 Å². The first kappa shape index (κ1) is 14.9. The highest BCUT2D eigenvalue weighted by Gasteiger charge is 1.97. The highest BCUT2D eigenvalue weighted by atomic mass is 15.1.